The van der Waals surface area contributed by atoms with E-state index in [4.69, 9.17) is 20.9 Å². The minimum absolute atomic E-state index is 0.193. The number of carbonyl (C=O) groups is 1. The van der Waals surface area contributed by atoms with Gasteiger partial charge < -0.3 is 36.3 Å². The highest BCUT2D eigenvalue weighted by molar-refractivity contribution is 5.81. The number of anilines is 1. The Morgan fingerprint density at radius 3 is 2.70 bits per heavy atom. The number of rotatable bonds is 11. The third kappa shape index (κ3) is 6.03. The summed E-state index contributed by atoms with van der Waals surface area (Å²) in [5, 5.41) is 30.7. The van der Waals surface area contributed by atoms with E-state index in [1.165, 1.54) is 17.2 Å². The number of nitrogen functional groups attached to an aromatic ring is 1. The van der Waals surface area contributed by atoms with Crippen LogP contribution in [0.1, 0.15) is 18.2 Å². The Bertz CT molecular complexity index is 1230. The number of hydrogen-bond acceptors (Lipinski definition) is 11. The Morgan fingerprint density at radius 2 is 2.00 bits per heavy atom. The van der Waals surface area contributed by atoms with E-state index in [0.29, 0.717) is 24.3 Å². The number of nitrogens with zero attached hydrogens (tertiary/aromatic N) is 5. The molecular weight excluding hydrogens is 482 g/mol. The number of carboxylic acids is 1. The number of benzene rings is 1. The molecule has 5 atom stereocenters. The quantitative estimate of drug-likeness (QED) is 0.228. The third-order valence-corrected chi connectivity index (χ3v) is 6.30. The molecule has 198 valence electrons. The highest BCUT2D eigenvalue weighted by Gasteiger charge is 2.44. The lowest BCUT2D eigenvalue weighted by molar-refractivity contribution is -0.138. The maximum Gasteiger partial charge on any atom is 0.320 e. The first-order valence-corrected chi connectivity index (χ1v) is 11.7. The predicted molar refractivity (Wildman–Crippen MR) is 134 cm³/mol. The summed E-state index contributed by atoms with van der Waals surface area (Å²) in [7, 11) is 1.60. The summed E-state index contributed by atoms with van der Waals surface area (Å²) in [6.45, 7) is 0.993. The predicted octanol–water partition coefficient (Wildman–Crippen LogP) is -0.146. The molecular formula is C24H31N7O6. The van der Waals surface area contributed by atoms with Crippen LogP contribution in [0.15, 0.2) is 43.0 Å². The Kier molecular flexibility index (Phi) is 8.31. The number of carboxylic acid groups (broad SMARTS) is 1. The van der Waals surface area contributed by atoms with E-state index >= 15 is 0 Å². The fourth-order valence-corrected chi connectivity index (χ4v) is 4.18. The molecule has 1 aromatic carbocycles. The van der Waals surface area contributed by atoms with Crippen LogP contribution in [0, 0.1) is 0 Å². The summed E-state index contributed by atoms with van der Waals surface area (Å²) in [4.78, 5) is 25.4. The summed E-state index contributed by atoms with van der Waals surface area (Å²) >= 11 is 0. The molecule has 3 aromatic rings. The topological polar surface area (TPSA) is 195 Å². The number of aliphatic hydroxyl groups is 2. The zero-order valence-corrected chi connectivity index (χ0v) is 20.3. The lowest BCUT2D eigenvalue weighted by Crippen LogP contribution is -2.42. The summed E-state index contributed by atoms with van der Waals surface area (Å²) in [6.07, 6.45) is 2.58. The van der Waals surface area contributed by atoms with Gasteiger partial charge in [-0.1, -0.05) is 24.3 Å². The van der Waals surface area contributed by atoms with Crippen molar-refractivity contribution in [2.45, 2.75) is 37.0 Å². The van der Waals surface area contributed by atoms with Crippen molar-refractivity contribution in [2.24, 2.45) is 5.73 Å². The number of methoxy groups -OCH3 is 1. The minimum Gasteiger partial charge on any atom is -0.497 e. The van der Waals surface area contributed by atoms with Gasteiger partial charge in [-0.15, -0.1) is 0 Å². The second kappa shape index (κ2) is 11.6. The molecule has 0 spiro atoms. The van der Waals surface area contributed by atoms with Gasteiger partial charge in [0.1, 0.15) is 41.9 Å². The molecule has 13 heteroatoms. The maximum absolute atomic E-state index is 11.2. The largest absolute Gasteiger partial charge is 0.497 e. The van der Waals surface area contributed by atoms with Crippen LogP contribution in [0.3, 0.4) is 0 Å². The Balaban J connectivity index is 1.47. The normalized spacial score (nSPS) is 22.7. The molecule has 1 saturated heterocycles. The van der Waals surface area contributed by atoms with Crippen LogP contribution in [-0.4, -0.2) is 96.8 Å². The van der Waals surface area contributed by atoms with Gasteiger partial charge in [-0.25, -0.2) is 15.0 Å². The standard InChI is InChI=1S/C24H31N7O6/c1-36-15-6-4-14(5-7-15)3-2-9-30(10-8-16(25)24(34)35)11-17-19(32)20(33)23(37-17)31-13-29-18-21(26)27-12-28-22(18)31/h2-7,12-13,16-17,19-20,23,32-33H,8-11,25H2,1H3,(H,34,35)(H2,26,27,28)/b3-2+/t16-,17+,19+,20+,23+/m0/s1. The molecule has 0 unspecified atom stereocenters. The van der Waals surface area contributed by atoms with Crippen molar-refractivity contribution >= 4 is 29.0 Å². The Labute approximate surface area is 213 Å². The van der Waals surface area contributed by atoms with E-state index in [2.05, 4.69) is 15.0 Å². The Morgan fingerprint density at radius 1 is 1.24 bits per heavy atom. The molecule has 0 saturated carbocycles. The van der Waals surface area contributed by atoms with Crippen LogP contribution in [0.2, 0.25) is 0 Å². The molecule has 37 heavy (non-hydrogen) atoms. The van der Waals surface area contributed by atoms with Gasteiger partial charge in [0.25, 0.3) is 0 Å². The smallest absolute Gasteiger partial charge is 0.320 e. The number of aliphatic hydroxyl groups excluding tert-OH is 2. The fourth-order valence-electron chi connectivity index (χ4n) is 4.18. The number of imidazole rings is 1. The van der Waals surface area contributed by atoms with Crippen molar-refractivity contribution in [2.75, 3.05) is 32.5 Å². The zero-order chi connectivity index (χ0) is 26.5. The lowest BCUT2D eigenvalue weighted by atomic mass is 10.1. The molecule has 1 aliphatic heterocycles. The van der Waals surface area contributed by atoms with E-state index in [1.807, 2.05) is 41.3 Å². The van der Waals surface area contributed by atoms with Gasteiger partial charge in [-0.2, -0.15) is 0 Å². The van der Waals surface area contributed by atoms with E-state index in [9.17, 15) is 20.1 Å². The molecule has 1 fully saturated rings. The first kappa shape index (κ1) is 26.4. The SMILES string of the molecule is COc1ccc(/C=C/CN(CC[C@H](N)C(=O)O)C[C@H]2O[C@@H](n3cnc4c(N)ncnc43)[C@H](O)[C@@H]2O)cc1. The number of aliphatic carboxylic acids is 1. The van der Waals surface area contributed by atoms with E-state index < -0.39 is 36.6 Å². The van der Waals surface area contributed by atoms with E-state index in [1.54, 1.807) is 7.11 Å². The van der Waals surface area contributed by atoms with Crippen LogP contribution in [0.4, 0.5) is 5.82 Å². The fraction of sp³-hybridized carbons (Fsp3) is 0.417. The summed E-state index contributed by atoms with van der Waals surface area (Å²) in [5.74, 6) is -0.144. The minimum atomic E-state index is -1.25. The highest BCUT2D eigenvalue weighted by Crippen LogP contribution is 2.32. The zero-order valence-electron chi connectivity index (χ0n) is 20.3. The highest BCUT2D eigenvalue weighted by atomic mass is 16.6. The van der Waals surface area contributed by atoms with Gasteiger partial charge in [-0.05, 0) is 24.1 Å². The first-order chi connectivity index (χ1) is 17.8. The summed E-state index contributed by atoms with van der Waals surface area (Å²) < 4.78 is 12.7. The van der Waals surface area contributed by atoms with Crippen molar-refractivity contribution < 1.29 is 29.6 Å². The number of hydrogen-bond donors (Lipinski definition) is 5. The van der Waals surface area contributed by atoms with Crippen molar-refractivity contribution in [1.29, 1.82) is 0 Å². The second-order valence-corrected chi connectivity index (χ2v) is 8.80. The van der Waals surface area contributed by atoms with Gasteiger partial charge in [0.2, 0.25) is 0 Å². The monoisotopic (exact) mass is 513 g/mol. The Hall–Kier alpha value is -3.62. The van der Waals surface area contributed by atoms with Gasteiger partial charge >= 0.3 is 5.97 Å². The van der Waals surface area contributed by atoms with Crippen molar-refractivity contribution in [3.63, 3.8) is 0 Å². The lowest BCUT2D eigenvalue weighted by Gasteiger charge is -2.26. The number of nitrogens with two attached hydrogens (primary N) is 2. The van der Waals surface area contributed by atoms with Gasteiger partial charge in [-0.3, -0.25) is 14.3 Å². The first-order valence-electron chi connectivity index (χ1n) is 11.7. The molecule has 7 N–H and O–H groups in total. The maximum atomic E-state index is 11.2. The van der Waals surface area contributed by atoms with Crippen LogP contribution < -0.4 is 16.2 Å². The average molecular weight is 514 g/mol. The second-order valence-electron chi connectivity index (χ2n) is 8.80. The summed E-state index contributed by atoms with van der Waals surface area (Å²) in [6, 6.07) is 6.51. The molecule has 3 heterocycles. The molecule has 4 rings (SSSR count). The van der Waals surface area contributed by atoms with Gasteiger partial charge in [0.15, 0.2) is 17.7 Å². The number of ether oxygens (including phenoxy) is 2. The molecule has 0 aliphatic carbocycles. The molecule has 1 aliphatic rings. The molecule has 2 aromatic heterocycles. The van der Waals surface area contributed by atoms with Gasteiger partial charge in [0, 0.05) is 19.6 Å². The average Bonchev–Trinajstić information content (AvgIpc) is 3.44. The third-order valence-electron chi connectivity index (χ3n) is 6.30. The molecule has 0 bridgehead atoms. The van der Waals surface area contributed by atoms with Crippen molar-refractivity contribution in [1.82, 2.24) is 24.4 Å². The molecule has 0 amide bonds. The van der Waals surface area contributed by atoms with E-state index in [-0.39, 0.29) is 18.8 Å². The van der Waals surface area contributed by atoms with Gasteiger partial charge in [0.05, 0.1) is 13.4 Å². The van der Waals surface area contributed by atoms with Crippen molar-refractivity contribution in [3.8, 4) is 5.75 Å². The number of aromatic nitrogens is 4. The molecule has 13 nitrogen and oxygen atoms in total. The van der Waals surface area contributed by atoms with Crippen LogP contribution in [0.25, 0.3) is 17.2 Å². The van der Waals surface area contributed by atoms with Crippen molar-refractivity contribution in [3.05, 3.63) is 48.6 Å². The van der Waals surface area contributed by atoms with Crippen LogP contribution in [0.5, 0.6) is 5.75 Å². The summed E-state index contributed by atoms with van der Waals surface area (Å²) in [5.41, 5.74) is 13.3. The number of fused-ring (bicyclic) bond motifs is 1. The van der Waals surface area contributed by atoms with Crippen LogP contribution in [-0.2, 0) is 9.53 Å². The van der Waals surface area contributed by atoms with E-state index in [0.717, 1.165) is 11.3 Å². The van der Waals surface area contributed by atoms with Crippen LogP contribution >= 0.6 is 0 Å². The molecule has 0 radical (unpaired) electrons.